The Kier molecular flexibility index (Phi) is 4.28. The van der Waals surface area contributed by atoms with Gasteiger partial charge in [0.15, 0.2) is 17.6 Å². The van der Waals surface area contributed by atoms with Crippen LogP contribution in [0.3, 0.4) is 0 Å². The second kappa shape index (κ2) is 5.49. The van der Waals surface area contributed by atoms with Crippen LogP contribution < -0.4 is 9.47 Å². The van der Waals surface area contributed by atoms with Crippen LogP contribution in [0.25, 0.3) is 0 Å². The number of benzene rings is 1. The summed E-state index contributed by atoms with van der Waals surface area (Å²) < 4.78 is 27.5. The van der Waals surface area contributed by atoms with Gasteiger partial charge in [0, 0.05) is 11.6 Å². The fourth-order valence-corrected chi connectivity index (χ4v) is 1.40. The summed E-state index contributed by atoms with van der Waals surface area (Å²) >= 11 is 0. The van der Waals surface area contributed by atoms with Crippen LogP contribution in [0.15, 0.2) is 12.1 Å². The summed E-state index contributed by atoms with van der Waals surface area (Å²) in [6.07, 6.45) is -1.63. The molecule has 0 saturated heterocycles. The van der Waals surface area contributed by atoms with E-state index in [0.29, 0.717) is 0 Å². The number of halogens is 1. The van der Waals surface area contributed by atoms with Gasteiger partial charge in [-0.3, -0.25) is 0 Å². The molecule has 0 bridgehead atoms. The highest BCUT2D eigenvalue weighted by molar-refractivity contribution is 5.77. The van der Waals surface area contributed by atoms with E-state index in [1.54, 1.807) is 0 Å². The molecule has 6 heteroatoms. The number of rotatable bonds is 4. The second-order valence-electron chi connectivity index (χ2n) is 3.16. The zero-order valence-electron chi connectivity index (χ0n) is 9.69. The van der Waals surface area contributed by atoms with E-state index in [4.69, 9.17) is 9.47 Å². The molecule has 1 rings (SSSR count). The Balaban J connectivity index is 3.30. The van der Waals surface area contributed by atoms with E-state index in [-0.39, 0.29) is 17.1 Å². The Bertz CT molecular complexity index is 419. The molecule has 0 aromatic heterocycles. The molecule has 0 spiro atoms. The Morgan fingerprint density at radius 2 is 1.94 bits per heavy atom. The molecule has 17 heavy (non-hydrogen) atoms. The molecule has 1 atom stereocenters. The fourth-order valence-electron chi connectivity index (χ4n) is 1.40. The predicted octanol–water partition coefficient (Wildman–Crippen LogP) is 1.05. The van der Waals surface area contributed by atoms with Crippen molar-refractivity contribution in [3.05, 3.63) is 23.5 Å². The molecule has 1 aromatic rings. The van der Waals surface area contributed by atoms with Crippen LogP contribution in [-0.4, -0.2) is 32.4 Å². The zero-order chi connectivity index (χ0) is 13.0. The van der Waals surface area contributed by atoms with Crippen molar-refractivity contribution < 1.29 is 28.5 Å². The molecule has 1 unspecified atom stereocenters. The third-order valence-corrected chi connectivity index (χ3v) is 2.19. The number of carbonyl (C=O) groups excluding carboxylic acids is 1. The molecule has 0 aliphatic carbocycles. The van der Waals surface area contributed by atoms with Gasteiger partial charge in [-0.05, 0) is 6.07 Å². The Morgan fingerprint density at radius 3 is 2.41 bits per heavy atom. The van der Waals surface area contributed by atoms with E-state index in [9.17, 15) is 14.3 Å². The molecular weight excluding hydrogens is 231 g/mol. The Hall–Kier alpha value is -1.82. The van der Waals surface area contributed by atoms with E-state index in [2.05, 4.69) is 4.74 Å². The summed E-state index contributed by atoms with van der Waals surface area (Å²) in [5.74, 6) is -1.38. The van der Waals surface area contributed by atoms with Gasteiger partial charge in [0.25, 0.3) is 0 Å². The maximum atomic E-state index is 13.3. The van der Waals surface area contributed by atoms with Crippen molar-refractivity contribution in [2.75, 3.05) is 21.3 Å². The van der Waals surface area contributed by atoms with Gasteiger partial charge in [0.2, 0.25) is 0 Å². The second-order valence-corrected chi connectivity index (χ2v) is 3.16. The van der Waals surface area contributed by atoms with Crippen LogP contribution in [0.1, 0.15) is 11.7 Å². The summed E-state index contributed by atoms with van der Waals surface area (Å²) in [6, 6.07) is 2.08. The quantitative estimate of drug-likeness (QED) is 0.802. The summed E-state index contributed by atoms with van der Waals surface area (Å²) in [4.78, 5) is 11.2. The van der Waals surface area contributed by atoms with Gasteiger partial charge in [0.1, 0.15) is 5.82 Å². The first-order valence-corrected chi connectivity index (χ1v) is 4.72. The molecule has 0 heterocycles. The highest BCUT2D eigenvalue weighted by Crippen LogP contribution is 2.36. The van der Waals surface area contributed by atoms with Crippen molar-refractivity contribution in [1.82, 2.24) is 0 Å². The maximum Gasteiger partial charge on any atom is 0.339 e. The molecular formula is C11H13FO5. The number of carbonyl (C=O) groups is 1. The van der Waals surface area contributed by atoms with Gasteiger partial charge in [0.05, 0.1) is 21.3 Å². The van der Waals surface area contributed by atoms with Gasteiger partial charge in [-0.1, -0.05) is 0 Å². The minimum Gasteiger partial charge on any atom is -0.493 e. The minimum absolute atomic E-state index is 0.0452. The molecule has 0 aliphatic rings. The number of methoxy groups -OCH3 is 3. The van der Waals surface area contributed by atoms with Gasteiger partial charge < -0.3 is 19.3 Å². The third kappa shape index (κ3) is 2.65. The molecule has 0 aliphatic heterocycles. The molecule has 0 amide bonds. The van der Waals surface area contributed by atoms with E-state index < -0.39 is 17.9 Å². The average Bonchev–Trinajstić information content (AvgIpc) is 2.35. The van der Waals surface area contributed by atoms with Crippen molar-refractivity contribution in [2.45, 2.75) is 6.10 Å². The topological polar surface area (TPSA) is 65.0 Å². The smallest absolute Gasteiger partial charge is 0.339 e. The molecule has 94 valence electrons. The van der Waals surface area contributed by atoms with Gasteiger partial charge in [-0.15, -0.1) is 0 Å². The molecule has 0 fully saturated rings. The Morgan fingerprint density at radius 1 is 1.29 bits per heavy atom. The van der Waals surface area contributed by atoms with Crippen LogP contribution in [0.5, 0.6) is 11.5 Å². The lowest BCUT2D eigenvalue weighted by Gasteiger charge is -2.15. The van der Waals surface area contributed by atoms with E-state index in [1.807, 2.05) is 0 Å². The lowest BCUT2D eigenvalue weighted by molar-refractivity contribution is -0.150. The van der Waals surface area contributed by atoms with Crippen molar-refractivity contribution in [2.24, 2.45) is 0 Å². The van der Waals surface area contributed by atoms with E-state index >= 15 is 0 Å². The van der Waals surface area contributed by atoms with Crippen LogP contribution in [0.4, 0.5) is 4.39 Å². The van der Waals surface area contributed by atoms with E-state index in [0.717, 1.165) is 19.2 Å². The first-order valence-electron chi connectivity index (χ1n) is 4.72. The minimum atomic E-state index is -1.63. The first-order chi connectivity index (χ1) is 8.04. The fraction of sp³-hybridized carbons (Fsp3) is 0.364. The Labute approximate surface area is 97.7 Å². The van der Waals surface area contributed by atoms with Crippen LogP contribution in [-0.2, 0) is 9.53 Å². The number of hydrogen-bond donors (Lipinski definition) is 1. The van der Waals surface area contributed by atoms with Crippen LogP contribution >= 0.6 is 0 Å². The molecule has 1 aromatic carbocycles. The maximum absolute atomic E-state index is 13.3. The lowest BCUT2D eigenvalue weighted by atomic mass is 10.1. The zero-order valence-corrected chi connectivity index (χ0v) is 9.69. The normalized spacial score (nSPS) is 11.8. The predicted molar refractivity (Wildman–Crippen MR) is 56.5 cm³/mol. The number of esters is 1. The van der Waals surface area contributed by atoms with Crippen molar-refractivity contribution in [3.8, 4) is 11.5 Å². The van der Waals surface area contributed by atoms with Crippen LogP contribution in [0.2, 0.25) is 0 Å². The van der Waals surface area contributed by atoms with E-state index in [1.165, 1.54) is 14.2 Å². The van der Waals surface area contributed by atoms with Gasteiger partial charge >= 0.3 is 5.97 Å². The highest BCUT2D eigenvalue weighted by atomic mass is 19.1. The standard InChI is InChI=1S/C11H13FO5/c1-15-8-5-6(12)4-7(10(8)16-2)9(13)11(14)17-3/h4-5,9,13H,1-3H3. The summed E-state index contributed by atoms with van der Waals surface area (Å²) in [6.45, 7) is 0. The molecule has 1 N–H and O–H groups in total. The number of hydrogen-bond acceptors (Lipinski definition) is 5. The number of aliphatic hydroxyl groups excluding tert-OH is 1. The van der Waals surface area contributed by atoms with Gasteiger partial charge in [-0.25, -0.2) is 9.18 Å². The molecule has 0 saturated carbocycles. The SMILES string of the molecule is COC(=O)C(O)c1cc(F)cc(OC)c1OC. The van der Waals surface area contributed by atoms with Crippen molar-refractivity contribution in [1.29, 1.82) is 0 Å². The summed E-state index contributed by atoms with van der Waals surface area (Å²) in [7, 11) is 3.77. The number of ether oxygens (including phenoxy) is 3. The van der Waals surface area contributed by atoms with Gasteiger partial charge in [-0.2, -0.15) is 0 Å². The van der Waals surface area contributed by atoms with Crippen LogP contribution in [0, 0.1) is 5.82 Å². The molecule has 0 radical (unpaired) electrons. The number of aliphatic hydroxyl groups is 1. The monoisotopic (exact) mass is 244 g/mol. The summed E-state index contributed by atoms with van der Waals surface area (Å²) in [5, 5.41) is 9.67. The van der Waals surface area contributed by atoms with Crippen molar-refractivity contribution >= 4 is 5.97 Å². The summed E-state index contributed by atoms with van der Waals surface area (Å²) in [5.41, 5.74) is -0.0452. The third-order valence-electron chi connectivity index (χ3n) is 2.19. The molecule has 5 nitrogen and oxygen atoms in total. The average molecular weight is 244 g/mol. The highest BCUT2D eigenvalue weighted by Gasteiger charge is 2.25. The van der Waals surface area contributed by atoms with Crippen molar-refractivity contribution in [3.63, 3.8) is 0 Å². The largest absolute Gasteiger partial charge is 0.493 e. The lowest BCUT2D eigenvalue weighted by Crippen LogP contribution is -2.15. The first kappa shape index (κ1) is 13.2.